The van der Waals surface area contributed by atoms with Gasteiger partial charge in [0.1, 0.15) is 0 Å². The van der Waals surface area contributed by atoms with Gasteiger partial charge >= 0.3 is 0 Å². The summed E-state index contributed by atoms with van der Waals surface area (Å²) in [5, 5.41) is 2.94. The summed E-state index contributed by atoms with van der Waals surface area (Å²) in [5.74, 6) is -0.256. The number of rotatable bonds is 4. The minimum atomic E-state index is -3.87. The van der Waals surface area contributed by atoms with E-state index >= 15 is 0 Å². The molecule has 0 aromatic heterocycles. The summed E-state index contributed by atoms with van der Waals surface area (Å²) in [4.78, 5) is 0. The molecule has 0 fully saturated rings. The van der Waals surface area contributed by atoms with E-state index in [4.69, 9.17) is 4.55 Å². The van der Waals surface area contributed by atoms with E-state index in [-0.39, 0.29) is 5.75 Å². The van der Waals surface area contributed by atoms with Crippen LogP contribution in [0.1, 0.15) is 20.8 Å². The maximum atomic E-state index is 10.4. The lowest BCUT2D eigenvalue weighted by atomic mass is 10.1. The Morgan fingerprint density at radius 3 is 2.18 bits per heavy atom. The number of nitrogens with one attached hydrogen (secondary N) is 1. The van der Waals surface area contributed by atoms with E-state index in [0.717, 1.165) is 0 Å². The standard InChI is InChI=1S/C6H15NO3S/c1-4-7-6(2,3)5-11(8,9)10/h7H,4-5H2,1-3H3,(H,8,9,10). The van der Waals surface area contributed by atoms with E-state index in [1.54, 1.807) is 13.8 Å². The van der Waals surface area contributed by atoms with Gasteiger partial charge in [-0.1, -0.05) is 6.92 Å². The van der Waals surface area contributed by atoms with Gasteiger partial charge in [0.2, 0.25) is 0 Å². The van der Waals surface area contributed by atoms with Crippen LogP contribution < -0.4 is 5.32 Å². The Balaban J connectivity index is 4.13. The topological polar surface area (TPSA) is 66.4 Å². The number of hydrogen-bond acceptors (Lipinski definition) is 3. The Morgan fingerprint density at radius 2 is 1.91 bits per heavy atom. The number of hydrogen-bond donors (Lipinski definition) is 2. The molecule has 0 spiro atoms. The molecule has 0 heterocycles. The molecule has 0 aliphatic rings. The van der Waals surface area contributed by atoms with Gasteiger partial charge in [0.15, 0.2) is 0 Å². The average Bonchev–Trinajstić information content (AvgIpc) is 1.55. The van der Waals surface area contributed by atoms with E-state index in [2.05, 4.69) is 5.32 Å². The zero-order valence-corrected chi connectivity index (χ0v) is 7.90. The van der Waals surface area contributed by atoms with Crippen LogP contribution in [0.4, 0.5) is 0 Å². The minimum absolute atomic E-state index is 0.256. The van der Waals surface area contributed by atoms with Crippen LogP contribution in [0.5, 0.6) is 0 Å². The third-order valence-corrected chi connectivity index (χ3v) is 2.29. The van der Waals surface area contributed by atoms with Crippen LogP contribution in [-0.4, -0.2) is 30.8 Å². The maximum Gasteiger partial charge on any atom is 0.266 e. The predicted molar refractivity (Wildman–Crippen MR) is 44.2 cm³/mol. The highest BCUT2D eigenvalue weighted by molar-refractivity contribution is 7.85. The Morgan fingerprint density at radius 1 is 1.45 bits per heavy atom. The highest BCUT2D eigenvalue weighted by atomic mass is 32.2. The largest absolute Gasteiger partial charge is 0.311 e. The van der Waals surface area contributed by atoms with Gasteiger partial charge in [-0.25, -0.2) is 0 Å². The molecule has 0 saturated heterocycles. The first-order chi connectivity index (χ1) is 4.77. The third kappa shape index (κ3) is 6.28. The van der Waals surface area contributed by atoms with Crippen molar-refractivity contribution in [2.75, 3.05) is 12.3 Å². The Kier molecular flexibility index (Phi) is 3.47. The summed E-state index contributed by atoms with van der Waals surface area (Å²) >= 11 is 0. The highest BCUT2D eigenvalue weighted by Gasteiger charge is 2.22. The van der Waals surface area contributed by atoms with Crippen molar-refractivity contribution in [1.82, 2.24) is 5.32 Å². The molecule has 0 saturated carbocycles. The average molecular weight is 181 g/mol. The molecule has 11 heavy (non-hydrogen) atoms. The van der Waals surface area contributed by atoms with Crippen molar-refractivity contribution < 1.29 is 13.0 Å². The molecule has 5 heteroatoms. The van der Waals surface area contributed by atoms with E-state index in [1.165, 1.54) is 0 Å². The van der Waals surface area contributed by atoms with Gasteiger partial charge in [-0.05, 0) is 20.4 Å². The van der Waals surface area contributed by atoms with Crippen LogP contribution in [0.25, 0.3) is 0 Å². The van der Waals surface area contributed by atoms with Crippen molar-refractivity contribution in [3.63, 3.8) is 0 Å². The Labute approximate surface area is 67.7 Å². The lowest BCUT2D eigenvalue weighted by Crippen LogP contribution is -2.44. The van der Waals surface area contributed by atoms with Crippen molar-refractivity contribution in [3.05, 3.63) is 0 Å². The fourth-order valence-electron chi connectivity index (χ4n) is 0.986. The van der Waals surface area contributed by atoms with Crippen LogP contribution in [0.3, 0.4) is 0 Å². The fourth-order valence-corrected chi connectivity index (χ4v) is 2.00. The zero-order chi connectivity index (χ0) is 9.12. The van der Waals surface area contributed by atoms with Crippen molar-refractivity contribution >= 4 is 10.1 Å². The summed E-state index contributed by atoms with van der Waals surface area (Å²) < 4.78 is 29.4. The predicted octanol–water partition coefficient (Wildman–Crippen LogP) is 0.262. The van der Waals surface area contributed by atoms with Crippen molar-refractivity contribution in [2.45, 2.75) is 26.3 Å². The first kappa shape index (κ1) is 10.9. The van der Waals surface area contributed by atoms with Crippen LogP contribution in [-0.2, 0) is 10.1 Å². The summed E-state index contributed by atoms with van der Waals surface area (Å²) in [6.07, 6.45) is 0. The summed E-state index contributed by atoms with van der Waals surface area (Å²) in [7, 11) is -3.87. The second kappa shape index (κ2) is 3.51. The second-order valence-corrected chi connectivity index (χ2v) is 4.59. The van der Waals surface area contributed by atoms with E-state index < -0.39 is 15.7 Å². The van der Waals surface area contributed by atoms with Gasteiger partial charge in [0.05, 0.1) is 5.75 Å². The maximum absolute atomic E-state index is 10.4. The molecule has 0 aromatic carbocycles. The molecule has 68 valence electrons. The minimum Gasteiger partial charge on any atom is -0.311 e. The molecule has 0 atom stereocenters. The van der Waals surface area contributed by atoms with E-state index in [0.29, 0.717) is 6.54 Å². The van der Waals surface area contributed by atoms with Gasteiger partial charge < -0.3 is 5.32 Å². The van der Waals surface area contributed by atoms with Gasteiger partial charge in [0.25, 0.3) is 10.1 Å². The van der Waals surface area contributed by atoms with Gasteiger partial charge in [-0.3, -0.25) is 4.55 Å². The molecular formula is C6H15NO3S. The SMILES string of the molecule is CCNC(C)(C)CS(=O)(=O)O. The first-order valence-corrected chi connectivity index (χ1v) is 5.08. The van der Waals surface area contributed by atoms with Crippen LogP contribution >= 0.6 is 0 Å². The lowest BCUT2D eigenvalue weighted by molar-refractivity contribution is 0.411. The molecule has 0 radical (unpaired) electrons. The van der Waals surface area contributed by atoms with E-state index in [1.807, 2.05) is 6.92 Å². The Bertz CT molecular complexity index is 208. The Hall–Kier alpha value is -0.130. The summed E-state index contributed by atoms with van der Waals surface area (Å²) in [5.41, 5.74) is -0.553. The molecule has 2 N–H and O–H groups in total. The van der Waals surface area contributed by atoms with Crippen LogP contribution in [0, 0.1) is 0 Å². The third-order valence-electron chi connectivity index (χ3n) is 1.20. The van der Waals surface area contributed by atoms with Crippen molar-refractivity contribution in [3.8, 4) is 0 Å². The smallest absolute Gasteiger partial charge is 0.266 e. The lowest BCUT2D eigenvalue weighted by Gasteiger charge is -2.23. The monoisotopic (exact) mass is 181 g/mol. The molecule has 0 aliphatic heterocycles. The molecule has 4 nitrogen and oxygen atoms in total. The molecule has 0 aromatic rings. The van der Waals surface area contributed by atoms with E-state index in [9.17, 15) is 8.42 Å². The molecule has 0 rings (SSSR count). The van der Waals surface area contributed by atoms with Crippen molar-refractivity contribution in [1.29, 1.82) is 0 Å². The second-order valence-electron chi connectivity index (χ2n) is 3.14. The highest BCUT2D eigenvalue weighted by Crippen LogP contribution is 2.04. The van der Waals surface area contributed by atoms with Crippen LogP contribution in [0.2, 0.25) is 0 Å². The first-order valence-electron chi connectivity index (χ1n) is 3.47. The summed E-state index contributed by atoms with van der Waals surface area (Å²) in [6.45, 7) is 6.02. The zero-order valence-electron chi connectivity index (χ0n) is 7.09. The molecule has 0 unspecified atom stereocenters. The van der Waals surface area contributed by atoms with Gasteiger partial charge in [-0.15, -0.1) is 0 Å². The van der Waals surface area contributed by atoms with Crippen molar-refractivity contribution in [2.24, 2.45) is 0 Å². The molecule has 0 aliphatic carbocycles. The van der Waals surface area contributed by atoms with Gasteiger partial charge in [0, 0.05) is 5.54 Å². The quantitative estimate of drug-likeness (QED) is 0.611. The normalized spacial score (nSPS) is 13.5. The summed E-state index contributed by atoms with van der Waals surface area (Å²) in [6, 6.07) is 0. The van der Waals surface area contributed by atoms with Gasteiger partial charge in [-0.2, -0.15) is 8.42 Å². The molecule has 0 bridgehead atoms. The molecule has 0 amide bonds. The van der Waals surface area contributed by atoms with Crippen LogP contribution in [0.15, 0.2) is 0 Å². The fraction of sp³-hybridized carbons (Fsp3) is 1.00. The molecular weight excluding hydrogens is 166 g/mol.